The van der Waals surface area contributed by atoms with Crippen LogP contribution in [0.4, 0.5) is 11.6 Å². The number of nitrogens with zero attached hydrogens (tertiary/aromatic N) is 4. The summed E-state index contributed by atoms with van der Waals surface area (Å²) in [5, 5.41) is 14.6. The maximum absolute atomic E-state index is 11.5. The van der Waals surface area contributed by atoms with Crippen LogP contribution in [0.1, 0.15) is 30.9 Å². The van der Waals surface area contributed by atoms with Gasteiger partial charge in [-0.15, -0.1) is 0 Å². The molecule has 0 radical (unpaired) electrons. The second-order valence-electron chi connectivity index (χ2n) is 7.60. The largest absolute Gasteiger partial charge is 0.372 e. The molecular formula is C21H25N5O2. The molecule has 1 aliphatic heterocycles. The van der Waals surface area contributed by atoms with E-state index in [4.69, 9.17) is 0 Å². The SMILES string of the molecule is CC1CCN(Cc2ccc(CNc3nc4ccccn4c3[N+](=O)[O-])cc2)CC1. The van der Waals surface area contributed by atoms with Crippen molar-refractivity contribution in [3.63, 3.8) is 0 Å². The molecular weight excluding hydrogens is 354 g/mol. The van der Waals surface area contributed by atoms with Crippen LogP contribution < -0.4 is 5.32 Å². The van der Waals surface area contributed by atoms with Crippen LogP contribution in [0.3, 0.4) is 0 Å². The molecule has 146 valence electrons. The van der Waals surface area contributed by atoms with Crippen LogP contribution in [0.15, 0.2) is 48.7 Å². The summed E-state index contributed by atoms with van der Waals surface area (Å²) in [5.41, 5.74) is 2.93. The van der Waals surface area contributed by atoms with Gasteiger partial charge in [0.25, 0.3) is 0 Å². The number of anilines is 1. The molecule has 0 saturated carbocycles. The van der Waals surface area contributed by atoms with Gasteiger partial charge in [0.2, 0.25) is 11.5 Å². The van der Waals surface area contributed by atoms with Crippen molar-refractivity contribution >= 4 is 17.3 Å². The van der Waals surface area contributed by atoms with Crippen molar-refractivity contribution < 1.29 is 4.92 Å². The predicted molar refractivity (Wildman–Crippen MR) is 109 cm³/mol. The summed E-state index contributed by atoms with van der Waals surface area (Å²) in [6.07, 6.45) is 4.21. The smallest absolute Gasteiger partial charge is 0.359 e. The molecule has 4 rings (SSSR count). The number of likely N-dealkylation sites (tertiary alicyclic amines) is 1. The van der Waals surface area contributed by atoms with Gasteiger partial charge in [-0.1, -0.05) is 37.3 Å². The number of fused-ring (bicyclic) bond motifs is 1. The zero-order valence-electron chi connectivity index (χ0n) is 16.0. The molecule has 1 aromatic carbocycles. The van der Waals surface area contributed by atoms with Crippen molar-refractivity contribution in [3.05, 3.63) is 69.9 Å². The topological polar surface area (TPSA) is 75.7 Å². The van der Waals surface area contributed by atoms with Crippen molar-refractivity contribution in [3.8, 4) is 0 Å². The number of pyridine rings is 1. The van der Waals surface area contributed by atoms with E-state index in [0.717, 1.165) is 18.0 Å². The molecule has 7 nitrogen and oxygen atoms in total. The Bertz CT molecular complexity index is 959. The van der Waals surface area contributed by atoms with Gasteiger partial charge < -0.3 is 15.4 Å². The highest BCUT2D eigenvalue weighted by atomic mass is 16.6. The fraction of sp³-hybridized carbons (Fsp3) is 0.381. The zero-order chi connectivity index (χ0) is 19.5. The molecule has 0 unspecified atom stereocenters. The molecule has 3 heterocycles. The number of nitrogens with one attached hydrogen (secondary N) is 1. The number of imidazole rings is 1. The Balaban J connectivity index is 1.41. The number of benzene rings is 1. The Hall–Kier alpha value is -2.93. The van der Waals surface area contributed by atoms with Gasteiger partial charge in [-0.05, 0) is 54.0 Å². The highest BCUT2D eigenvalue weighted by Gasteiger charge is 2.22. The first kappa shape index (κ1) is 18.4. The highest BCUT2D eigenvalue weighted by Crippen LogP contribution is 2.26. The van der Waals surface area contributed by atoms with Crippen LogP contribution in [-0.2, 0) is 13.1 Å². The standard InChI is InChI=1S/C21H25N5O2/c1-16-9-12-24(13-10-16)15-18-7-5-17(6-8-18)14-22-20-21(26(27)28)25-11-3-2-4-19(25)23-20/h2-8,11,16,22H,9-10,12-15H2,1H3. The van der Waals surface area contributed by atoms with Gasteiger partial charge in [0.1, 0.15) is 0 Å². The third-order valence-corrected chi connectivity index (χ3v) is 5.44. The molecule has 28 heavy (non-hydrogen) atoms. The molecule has 1 N–H and O–H groups in total. The van der Waals surface area contributed by atoms with E-state index < -0.39 is 4.92 Å². The second kappa shape index (κ2) is 7.98. The molecule has 0 bridgehead atoms. The quantitative estimate of drug-likeness (QED) is 0.516. The Morgan fingerprint density at radius 1 is 1.14 bits per heavy atom. The molecule has 1 fully saturated rings. The molecule has 2 aromatic heterocycles. The number of aromatic nitrogens is 2. The summed E-state index contributed by atoms with van der Waals surface area (Å²) < 4.78 is 1.49. The molecule has 0 spiro atoms. The van der Waals surface area contributed by atoms with Crippen molar-refractivity contribution in [1.82, 2.24) is 14.3 Å². The third-order valence-electron chi connectivity index (χ3n) is 5.44. The van der Waals surface area contributed by atoms with Crippen LogP contribution in [0, 0.1) is 16.0 Å². The Morgan fingerprint density at radius 2 is 1.86 bits per heavy atom. The lowest BCUT2D eigenvalue weighted by molar-refractivity contribution is -0.389. The van der Waals surface area contributed by atoms with E-state index in [1.54, 1.807) is 18.3 Å². The average Bonchev–Trinajstić information content (AvgIpc) is 3.08. The molecule has 0 amide bonds. The van der Waals surface area contributed by atoms with E-state index in [0.29, 0.717) is 18.0 Å². The van der Waals surface area contributed by atoms with Crippen molar-refractivity contribution in [2.24, 2.45) is 5.92 Å². The van der Waals surface area contributed by atoms with Gasteiger partial charge in [-0.2, -0.15) is 9.38 Å². The molecule has 0 atom stereocenters. The number of hydrogen-bond donors (Lipinski definition) is 1. The number of nitro groups is 1. The zero-order valence-corrected chi connectivity index (χ0v) is 16.0. The maximum Gasteiger partial charge on any atom is 0.372 e. The Morgan fingerprint density at radius 3 is 2.57 bits per heavy atom. The van der Waals surface area contributed by atoms with Crippen LogP contribution in [-0.4, -0.2) is 32.3 Å². The minimum absolute atomic E-state index is 0.0356. The molecule has 3 aromatic rings. The Labute approximate surface area is 164 Å². The van der Waals surface area contributed by atoms with Crippen molar-refractivity contribution in [2.75, 3.05) is 18.4 Å². The van der Waals surface area contributed by atoms with Crippen LogP contribution in [0.25, 0.3) is 5.65 Å². The lowest BCUT2D eigenvalue weighted by Gasteiger charge is -2.30. The van der Waals surface area contributed by atoms with E-state index in [9.17, 15) is 10.1 Å². The molecule has 0 aliphatic carbocycles. The number of piperidine rings is 1. The minimum atomic E-state index is -0.398. The van der Waals surface area contributed by atoms with Crippen LogP contribution in [0.5, 0.6) is 0 Å². The lowest BCUT2D eigenvalue weighted by Crippen LogP contribution is -2.32. The van der Waals surface area contributed by atoms with Crippen molar-refractivity contribution in [2.45, 2.75) is 32.9 Å². The summed E-state index contributed by atoms with van der Waals surface area (Å²) in [6, 6.07) is 13.8. The predicted octanol–water partition coefficient (Wildman–Crippen LogP) is 4.09. The molecule has 7 heteroatoms. The fourth-order valence-electron chi connectivity index (χ4n) is 3.70. The average molecular weight is 379 g/mol. The summed E-state index contributed by atoms with van der Waals surface area (Å²) in [7, 11) is 0. The summed E-state index contributed by atoms with van der Waals surface area (Å²) in [4.78, 5) is 17.9. The first-order valence-electron chi connectivity index (χ1n) is 9.75. The van der Waals surface area contributed by atoms with E-state index in [-0.39, 0.29) is 5.82 Å². The van der Waals surface area contributed by atoms with Gasteiger partial charge in [0.05, 0.1) is 6.20 Å². The van der Waals surface area contributed by atoms with Crippen molar-refractivity contribution in [1.29, 1.82) is 0 Å². The van der Waals surface area contributed by atoms with Gasteiger partial charge in [0, 0.05) is 19.2 Å². The molecule has 1 saturated heterocycles. The third kappa shape index (κ3) is 3.99. The summed E-state index contributed by atoms with van der Waals surface area (Å²) in [5.74, 6) is 1.10. The first-order valence-corrected chi connectivity index (χ1v) is 9.75. The van der Waals surface area contributed by atoms with Gasteiger partial charge >= 0.3 is 5.82 Å². The number of rotatable bonds is 6. The summed E-state index contributed by atoms with van der Waals surface area (Å²) >= 11 is 0. The van der Waals surface area contributed by atoms with E-state index in [2.05, 4.69) is 46.4 Å². The lowest BCUT2D eigenvalue weighted by atomic mass is 9.99. The normalized spacial score (nSPS) is 15.8. The van der Waals surface area contributed by atoms with Gasteiger partial charge in [0.15, 0.2) is 0 Å². The fourth-order valence-corrected chi connectivity index (χ4v) is 3.70. The second-order valence-corrected chi connectivity index (χ2v) is 7.60. The number of hydrogen-bond acceptors (Lipinski definition) is 5. The monoisotopic (exact) mass is 379 g/mol. The summed E-state index contributed by atoms with van der Waals surface area (Å²) in [6.45, 7) is 6.14. The van der Waals surface area contributed by atoms with Crippen LogP contribution >= 0.6 is 0 Å². The highest BCUT2D eigenvalue weighted by molar-refractivity contribution is 5.62. The first-order chi connectivity index (χ1) is 13.6. The van der Waals surface area contributed by atoms with E-state index in [1.807, 2.05) is 6.07 Å². The maximum atomic E-state index is 11.5. The molecule has 1 aliphatic rings. The Kier molecular flexibility index (Phi) is 5.25. The van der Waals surface area contributed by atoms with E-state index in [1.165, 1.54) is 35.9 Å². The van der Waals surface area contributed by atoms with Gasteiger partial charge in [-0.25, -0.2) is 0 Å². The van der Waals surface area contributed by atoms with E-state index >= 15 is 0 Å². The van der Waals surface area contributed by atoms with Crippen LogP contribution in [0.2, 0.25) is 0 Å². The minimum Gasteiger partial charge on any atom is -0.359 e. The van der Waals surface area contributed by atoms with Gasteiger partial charge in [-0.3, -0.25) is 4.90 Å².